The average molecular weight is 641 g/mol. The second kappa shape index (κ2) is 15.6. The van der Waals surface area contributed by atoms with E-state index in [2.05, 4.69) is 15.0 Å². The Morgan fingerprint density at radius 3 is 2.51 bits per heavy atom. The standard InChI is InChI=1S/C27H37ClN6O8S/c28-18-10-9-11-19(14-18)40-13-8-6-4-2-1-3-5-7-12-21(35)33-43(38,39)41-15-20-23(36)24(37)27(42-20)34-17-32-22-25(29)30-16-31-26(22)34/h9-11,14,16-17,20,23-24,27,36-37H,1-8,12-13,15H2,(H,33,35)(H2,29,30,31)/t20-,23-,24-,27-/m1/s1. The summed E-state index contributed by atoms with van der Waals surface area (Å²) in [6.45, 7) is 0.0152. The van der Waals surface area contributed by atoms with Gasteiger partial charge < -0.3 is 25.4 Å². The van der Waals surface area contributed by atoms with E-state index >= 15 is 0 Å². The summed E-state index contributed by atoms with van der Waals surface area (Å²) in [5.41, 5.74) is 6.33. The number of nitrogens with two attached hydrogens (primary N) is 1. The van der Waals surface area contributed by atoms with Gasteiger partial charge in [0.25, 0.3) is 0 Å². The lowest BCUT2D eigenvalue weighted by molar-refractivity contribution is -0.119. The zero-order valence-corrected chi connectivity index (χ0v) is 25.1. The second-order valence-corrected chi connectivity index (χ2v) is 12.1. The molecule has 5 N–H and O–H groups in total. The third-order valence-corrected chi connectivity index (χ3v) is 8.15. The van der Waals surface area contributed by atoms with Gasteiger partial charge in [0.15, 0.2) is 17.7 Å². The Morgan fingerprint density at radius 2 is 1.77 bits per heavy atom. The zero-order chi connectivity index (χ0) is 30.8. The lowest BCUT2D eigenvalue weighted by Gasteiger charge is -2.16. The Bertz CT molecular complexity index is 1460. The first-order valence-corrected chi connectivity index (χ1v) is 16.0. The van der Waals surface area contributed by atoms with Gasteiger partial charge in [-0.05, 0) is 31.0 Å². The molecule has 1 aliphatic rings. The predicted octanol–water partition coefficient (Wildman–Crippen LogP) is 2.65. The van der Waals surface area contributed by atoms with E-state index in [1.807, 2.05) is 16.9 Å². The number of aliphatic hydroxyl groups is 2. The molecule has 1 aromatic carbocycles. The SMILES string of the molecule is Nc1ncnc2c1ncn2[C@@H]1O[C@H](COS(=O)(=O)NC(=O)CCCCCCCCCCOc2cccc(Cl)c2)[C@@H](O)[C@H]1O. The quantitative estimate of drug-likeness (QED) is 0.157. The van der Waals surface area contributed by atoms with Gasteiger partial charge in [0.2, 0.25) is 5.91 Å². The van der Waals surface area contributed by atoms with Crippen LogP contribution in [0, 0.1) is 0 Å². The zero-order valence-electron chi connectivity index (χ0n) is 23.5. The van der Waals surface area contributed by atoms with Gasteiger partial charge in [-0.1, -0.05) is 56.2 Å². The highest BCUT2D eigenvalue weighted by atomic mass is 35.5. The Balaban J connectivity index is 1.06. The van der Waals surface area contributed by atoms with Crippen LogP contribution >= 0.6 is 11.6 Å². The van der Waals surface area contributed by atoms with E-state index in [0.717, 1.165) is 50.7 Å². The minimum atomic E-state index is -4.45. The number of carbonyl (C=O) groups is 1. The normalized spacial score (nSPS) is 20.4. The second-order valence-electron chi connectivity index (χ2n) is 10.3. The van der Waals surface area contributed by atoms with Gasteiger partial charge in [0, 0.05) is 11.4 Å². The van der Waals surface area contributed by atoms with Gasteiger partial charge in [0.05, 0.1) is 19.5 Å². The number of ether oxygens (including phenoxy) is 2. The fourth-order valence-corrected chi connectivity index (χ4v) is 5.66. The monoisotopic (exact) mass is 640 g/mol. The number of nitrogen functional groups attached to an aromatic ring is 1. The minimum absolute atomic E-state index is 0.0332. The van der Waals surface area contributed by atoms with Crippen LogP contribution in [0.5, 0.6) is 5.75 Å². The number of nitrogens with one attached hydrogen (secondary N) is 1. The maximum absolute atomic E-state index is 12.3. The van der Waals surface area contributed by atoms with Gasteiger partial charge >= 0.3 is 10.3 Å². The van der Waals surface area contributed by atoms with E-state index in [4.69, 9.17) is 31.0 Å². The molecule has 236 valence electrons. The molecule has 0 radical (unpaired) electrons. The summed E-state index contributed by atoms with van der Waals surface area (Å²) in [6, 6.07) is 7.33. The first-order chi connectivity index (χ1) is 20.6. The number of amides is 1. The first-order valence-electron chi connectivity index (χ1n) is 14.2. The van der Waals surface area contributed by atoms with Crippen LogP contribution in [0.1, 0.15) is 64.0 Å². The lowest BCUT2D eigenvalue weighted by Crippen LogP contribution is -2.37. The van der Waals surface area contributed by atoms with Gasteiger partial charge in [0.1, 0.15) is 35.9 Å². The highest BCUT2D eigenvalue weighted by molar-refractivity contribution is 7.85. The summed E-state index contributed by atoms with van der Waals surface area (Å²) in [5.74, 6) is 0.212. The average Bonchev–Trinajstić information content (AvgIpc) is 3.51. The number of anilines is 1. The molecule has 2 aromatic heterocycles. The van der Waals surface area contributed by atoms with Crippen molar-refractivity contribution in [1.82, 2.24) is 24.2 Å². The molecule has 16 heteroatoms. The lowest BCUT2D eigenvalue weighted by atomic mass is 10.1. The maximum Gasteiger partial charge on any atom is 0.362 e. The van der Waals surface area contributed by atoms with Crippen LogP contribution in [0.25, 0.3) is 11.2 Å². The Hall–Kier alpha value is -3.08. The summed E-state index contributed by atoms with van der Waals surface area (Å²) in [5, 5.41) is 21.5. The molecule has 0 bridgehead atoms. The fourth-order valence-electron chi connectivity index (χ4n) is 4.72. The number of hydrogen-bond donors (Lipinski definition) is 4. The number of halogens is 1. The molecule has 4 atom stereocenters. The molecule has 1 aliphatic heterocycles. The molecule has 4 rings (SSSR count). The molecule has 3 aromatic rings. The Kier molecular flexibility index (Phi) is 11.9. The van der Waals surface area contributed by atoms with Crippen molar-refractivity contribution in [3.8, 4) is 5.75 Å². The summed E-state index contributed by atoms with van der Waals surface area (Å²) in [7, 11) is -4.45. The third kappa shape index (κ3) is 9.45. The minimum Gasteiger partial charge on any atom is -0.494 e. The molecule has 0 aliphatic carbocycles. The van der Waals surface area contributed by atoms with Crippen molar-refractivity contribution >= 4 is 44.8 Å². The number of imidazole rings is 1. The van der Waals surface area contributed by atoms with E-state index in [1.54, 1.807) is 12.1 Å². The van der Waals surface area contributed by atoms with Crippen molar-refractivity contribution in [1.29, 1.82) is 0 Å². The number of aliphatic hydroxyl groups excluding tert-OH is 2. The van der Waals surface area contributed by atoms with Crippen LogP contribution in [-0.2, 0) is 24.0 Å². The molecule has 43 heavy (non-hydrogen) atoms. The Labute approximate surface area is 254 Å². The molecular formula is C27H37ClN6O8S. The summed E-state index contributed by atoms with van der Waals surface area (Å²) >= 11 is 5.94. The summed E-state index contributed by atoms with van der Waals surface area (Å²) in [6.07, 6.45) is 4.82. The molecular weight excluding hydrogens is 604 g/mol. The van der Waals surface area contributed by atoms with Crippen molar-refractivity contribution in [2.75, 3.05) is 18.9 Å². The smallest absolute Gasteiger partial charge is 0.362 e. The number of hydrogen-bond acceptors (Lipinski definition) is 12. The third-order valence-electron chi connectivity index (χ3n) is 6.99. The van der Waals surface area contributed by atoms with Crippen LogP contribution < -0.4 is 15.2 Å². The topological polar surface area (TPSA) is 201 Å². The van der Waals surface area contributed by atoms with Crippen molar-refractivity contribution in [2.45, 2.75) is 82.3 Å². The van der Waals surface area contributed by atoms with Gasteiger partial charge in [-0.15, -0.1) is 0 Å². The van der Waals surface area contributed by atoms with Crippen LogP contribution in [0.4, 0.5) is 5.82 Å². The number of rotatable bonds is 17. The molecule has 1 saturated heterocycles. The van der Waals surface area contributed by atoms with E-state index in [-0.39, 0.29) is 23.4 Å². The maximum atomic E-state index is 12.3. The number of nitrogens with zero attached hydrogens (tertiary/aromatic N) is 4. The van der Waals surface area contributed by atoms with Crippen molar-refractivity contribution in [3.63, 3.8) is 0 Å². The number of carbonyl (C=O) groups excluding carboxylic acids is 1. The van der Waals surface area contributed by atoms with E-state index in [9.17, 15) is 23.4 Å². The number of benzene rings is 1. The van der Waals surface area contributed by atoms with Crippen LogP contribution in [0.2, 0.25) is 5.02 Å². The number of unbranched alkanes of at least 4 members (excludes halogenated alkanes) is 7. The Morgan fingerprint density at radius 1 is 1.05 bits per heavy atom. The number of fused-ring (bicyclic) bond motifs is 1. The first kappa shape index (κ1) is 32.8. The fraction of sp³-hybridized carbons (Fsp3) is 0.556. The molecule has 14 nitrogen and oxygen atoms in total. The van der Waals surface area contributed by atoms with Crippen molar-refractivity contribution < 1.29 is 37.1 Å². The highest BCUT2D eigenvalue weighted by Crippen LogP contribution is 2.32. The summed E-state index contributed by atoms with van der Waals surface area (Å²) < 4.78 is 44.0. The van der Waals surface area contributed by atoms with Crippen LogP contribution in [0.3, 0.4) is 0 Å². The summed E-state index contributed by atoms with van der Waals surface area (Å²) in [4.78, 5) is 24.2. The predicted molar refractivity (Wildman–Crippen MR) is 157 cm³/mol. The van der Waals surface area contributed by atoms with E-state index < -0.39 is 47.4 Å². The largest absolute Gasteiger partial charge is 0.494 e. The molecule has 1 fully saturated rings. The van der Waals surface area contributed by atoms with Crippen LogP contribution in [0.15, 0.2) is 36.9 Å². The van der Waals surface area contributed by atoms with E-state index in [1.165, 1.54) is 17.2 Å². The van der Waals surface area contributed by atoms with E-state index in [0.29, 0.717) is 18.1 Å². The molecule has 3 heterocycles. The highest BCUT2D eigenvalue weighted by Gasteiger charge is 2.45. The molecule has 1 amide bonds. The van der Waals surface area contributed by atoms with Crippen molar-refractivity contribution in [2.24, 2.45) is 0 Å². The molecule has 0 saturated carbocycles. The number of aromatic nitrogens is 4. The van der Waals surface area contributed by atoms with Gasteiger partial charge in [-0.3, -0.25) is 13.5 Å². The molecule has 0 spiro atoms. The van der Waals surface area contributed by atoms with Crippen LogP contribution in [-0.4, -0.2) is 75.6 Å². The molecule has 0 unspecified atom stereocenters. The van der Waals surface area contributed by atoms with Gasteiger partial charge in [-0.2, -0.15) is 8.42 Å². The van der Waals surface area contributed by atoms with Gasteiger partial charge in [-0.25, -0.2) is 19.7 Å². The van der Waals surface area contributed by atoms with Crippen molar-refractivity contribution in [3.05, 3.63) is 41.9 Å².